The first-order chi connectivity index (χ1) is 15.6. The average Bonchev–Trinajstić information content (AvgIpc) is 3.29. The van der Waals surface area contributed by atoms with Crippen LogP contribution in [0.4, 0.5) is 0 Å². The minimum Gasteiger partial charge on any atom is -0.497 e. The summed E-state index contributed by atoms with van der Waals surface area (Å²) in [5.74, 6) is 2.93. The number of nitrogens with zero attached hydrogens (tertiary/aromatic N) is 2. The maximum Gasteiger partial charge on any atom is 0.214 e. The van der Waals surface area contributed by atoms with Crippen LogP contribution in [0.2, 0.25) is 5.02 Å². The van der Waals surface area contributed by atoms with Crippen molar-refractivity contribution in [2.75, 3.05) is 21.3 Å². The topological polar surface area (TPSA) is 52.5 Å². The summed E-state index contributed by atoms with van der Waals surface area (Å²) in [5.41, 5.74) is 3.91. The molecule has 0 bridgehead atoms. The van der Waals surface area contributed by atoms with Gasteiger partial charge < -0.3 is 18.9 Å². The number of fused-ring (bicyclic) bond motifs is 3. The third-order valence-electron chi connectivity index (χ3n) is 5.85. The highest BCUT2D eigenvalue weighted by molar-refractivity contribution is 6.30. The third-order valence-corrected chi connectivity index (χ3v) is 6.08. The summed E-state index contributed by atoms with van der Waals surface area (Å²) in [4.78, 5) is 0. The van der Waals surface area contributed by atoms with Gasteiger partial charge in [-0.1, -0.05) is 23.7 Å². The molecule has 3 aromatic rings. The molecule has 0 spiro atoms. The number of halogens is 1. The summed E-state index contributed by atoms with van der Waals surface area (Å²) >= 11 is 6.33. The second-order valence-corrected chi connectivity index (χ2v) is 8.08. The lowest BCUT2D eigenvalue weighted by atomic mass is 9.95. The van der Waals surface area contributed by atoms with Crippen molar-refractivity contribution in [3.8, 4) is 23.0 Å². The number of methoxy groups -OCH3 is 3. The second kappa shape index (κ2) is 8.28. The number of rotatable bonds is 5. The maximum absolute atomic E-state index is 6.41. The fourth-order valence-corrected chi connectivity index (χ4v) is 4.44. The number of hydrogen-bond donors (Lipinski definition) is 0. The van der Waals surface area contributed by atoms with E-state index in [4.69, 9.17) is 35.6 Å². The van der Waals surface area contributed by atoms with Gasteiger partial charge in [0.1, 0.15) is 11.5 Å². The van der Waals surface area contributed by atoms with Crippen molar-refractivity contribution in [3.63, 3.8) is 0 Å². The fourth-order valence-electron chi connectivity index (χ4n) is 4.26. The largest absolute Gasteiger partial charge is 0.497 e. The van der Waals surface area contributed by atoms with Crippen molar-refractivity contribution in [3.05, 3.63) is 82.4 Å². The Labute approximate surface area is 191 Å². The van der Waals surface area contributed by atoms with Gasteiger partial charge in [0.15, 0.2) is 11.5 Å². The van der Waals surface area contributed by atoms with Gasteiger partial charge in [-0.25, -0.2) is 5.01 Å². The molecule has 2 heterocycles. The van der Waals surface area contributed by atoms with Crippen LogP contribution in [-0.2, 0) is 0 Å². The van der Waals surface area contributed by atoms with Crippen LogP contribution in [0.25, 0.3) is 0 Å². The Balaban J connectivity index is 1.59. The fraction of sp³-hybridized carbons (Fsp3) is 0.240. The Kier molecular flexibility index (Phi) is 5.31. The molecule has 2 atom stereocenters. The van der Waals surface area contributed by atoms with E-state index in [9.17, 15) is 0 Å². The zero-order valence-corrected chi connectivity index (χ0v) is 18.8. The van der Waals surface area contributed by atoms with E-state index in [0.717, 1.165) is 33.9 Å². The van der Waals surface area contributed by atoms with Crippen LogP contribution in [0.1, 0.15) is 35.4 Å². The van der Waals surface area contributed by atoms with E-state index in [-0.39, 0.29) is 12.3 Å². The van der Waals surface area contributed by atoms with Gasteiger partial charge in [-0.2, -0.15) is 5.10 Å². The second-order valence-electron chi connectivity index (χ2n) is 7.65. The van der Waals surface area contributed by atoms with Crippen LogP contribution in [0.5, 0.6) is 23.0 Å². The molecule has 0 radical (unpaired) electrons. The standard InChI is InChI=1S/C25H23ClN2O4/c1-29-18-6-4-5-16(11-18)25-28-21(19-13-17(26)8-10-22(19)32-25)14-20(27-28)15-7-9-23(30-2)24(12-15)31-3/h4-13,21,25H,14H2,1-3H3/t21-,25-/m1/s1. The van der Waals surface area contributed by atoms with E-state index >= 15 is 0 Å². The minimum atomic E-state index is -0.388. The lowest BCUT2D eigenvalue weighted by Crippen LogP contribution is -2.33. The molecule has 7 heteroatoms. The van der Waals surface area contributed by atoms with E-state index in [1.54, 1.807) is 21.3 Å². The first-order valence-electron chi connectivity index (χ1n) is 10.3. The van der Waals surface area contributed by atoms with Crippen LogP contribution < -0.4 is 18.9 Å². The van der Waals surface area contributed by atoms with Crippen LogP contribution >= 0.6 is 11.6 Å². The van der Waals surface area contributed by atoms with Crippen molar-refractivity contribution >= 4 is 17.3 Å². The minimum absolute atomic E-state index is 0.00301. The molecule has 164 valence electrons. The number of benzene rings is 3. The van der Waals surface area contributed by atoms with Crippen LogP contribution in [0.15, 0.2) is 65.8 Å². The van der Waals surface area contributed by atoms with Gasteiger partial charge in [0.2, 0.25) is 6.23 Å². The first kappa shape index (κ1) is 20.5. The van der Waals surface area contributed by atoms with Crippen molar-refractivity contribution < 1.29 is 18.9 Å². The Hall–Kier alpha value is -3.38. The van der Waals surface area contributed by atoms with E-state index < -0.39 is 0 Å². The van der Waals surface area contributed by atoms with Crippen LogP contribution in [0, 0.1) is 0 Å². The van der Waals surface area contributed by atoms with Crippen molar-refractivity contribution in [2.24, 2.45) is 5.10 Å². The molecule has 2 aliphatic heterocycles. The molecular weight excluding hydrogens is 428 g/mol. The summed E-state index contributed by atoms with van der Waals surface area (Å²) in [7, 11) is 4.91. The summed E-state index contributed by atoms with van der Waals surface area (Å²) in [6.45, 7) is 0. The Morgan fingerprint density at radius 1 is 0.938 bits per heavy atom. The predicted molar refractivity (Wildman–Crippen MR) is 123 cm³/mol. The molecular formula is C25H23ClN2O4. The molecule has 3 aromatic carbocycles. The Bertz CT molecular complexity index is 1200. The van der Waals surface area contributed by atoms with E-state index in [0.29, 0.717) is 22.9 Å². The van der Waals surface area contributed by atoms with Crippen molar-refractivity contribution in [2.45, 2.75) is 18.7 Å². The summed E-state index contributed by atoms with van der Waals surface area (Å²) in [5, 5.41) is 7.68. The Morgan fingerprint density at radius 3 is 2.56 bits per heavy atom. The maximum atomic E-state index is 6.41. The van der Waals surface area contributed by atoms with Gasteiger partial charge in [-0.3, -0.25) is 0 Å². The quantitative estimate of drug-likeness (QED) is 0.505. The van der Waals surface area contributed by atoms with Gasteiger partial charge >= 0.3 is 0 Å². The average molecular weight is 451 g/mol. The highest BCUT2D eigenvalue weighted by atomic mass is 35.5. The molecule has 6 nitrogen and oxygen atoms in total. The molecule has 0 aliphatic carbocycles. The highest BCUT2D eigenvalue weighted by Crippen LogP contribution is 2.48. The molecule has 0 aromatic heterocycles. The van der Waals surface area contributed by atoms with Crippen LogP contribution in [0.3, 0.4) is 0 Å². The third kappa shape index (κ3) is 3.50. The van der Waals surface area contributed by atoms with Gasteiger partial charge in [0, 0.05) is 28.1 Å². The molecule has 0 N–H and O–H groups in total. The molecule has 0 saturated heterocycles. The summed E-state index contributed by atoms with van der Waals surface area (Å²) in [6, 6.07) is 19.5. The molecule has 0 amide bonds. The van der Waals surface area contributed by atoms with Crippen LogP contribution in [-0.4, -0.2) is 32.0 Å². The van der Waals surface area contributed by atoms with E-state index in [1.165, 1.54) is 0 Å². The predicted octanol–water partition coefficient (Wildman–Crippen LogP) is 5.61. The molecule has 2 aliphatic rings. The number of hydrogen-bond acceptors (Lipinski definition) is 6. The van der Waals surface area contributed by atoms with E-state index in [2.05, 4.69) is 0 Å². The number of hydrazone groups is 1. The molecule has 0 saturated carbocycles. The van der Waals surface area contributed by atoms with Gasteiger partial charge in [-0.15, -0.1) is 0 Å². The molecule has 0 unspecified atom stereocenters. The molecule has 5 rings (SSSR count). The van der Waals surface area contributed by atoms with Gasteiger partial charge in [0.05, 0.1) is 33.1 Å². The number of ether oxygens (including phenoxy) is 4. The van der Waals surface area contributed by atoms with Gasteiger partial charge in [0.25, 0.3) is 0 Å². The summed E-state index contributed by atoms with van der Waals surface area (Å²) in [6.07, 6.45) is 0.327. The normalized spacial score (nSPS) is 18.9. The molecule has 32 heavy (non-hydrogen) atoms. The zero-order chi connectivity index (χ0) is 22.2. The van der Waals surface area contributed by atoms with Crippen molar-refractivity contribution in [1.29, 1.82) is 0 Å². The lowest BCUT2D eigenvalue weighted by Gasteiger charge is -2.38. The van der Waals surface area contributed by atoms with E-state index in [1.807, 2.05) is 65.7 Å². The Morgan fingerprint density at radius 2 is 1.78 bits per heavy atom. The van der Waals surface area contributed by atoms with Crippen molar-refractivity contribution in [1.82, 2.24) is 5.01 Å². The lowest BCUT2D eigenvalue weighted by molar-refractivity contribution is -0.0191. The smallest absolute Gasteiger partial charge is 0.214 e. The first-order valence-corrected chi connectivity index (χ1v) is 10.7. The monoisotopic (exact) mass is 450 g/mol. The SMILES string of the molecule is COc1cccc([C@H]2Oc3ccc(Cl)cc3[C@H]3CC(c4ccc(OC)c(OC)c4)=NN32)c1. The van der Waals surface area contributed by atoms with Gasteiger partial charge in [-0.05, 0) is 48.5 Å². The zero-order valence-electron chi connectivity index (χ0n) is 18.0. The highest BCUT2D eigenvalue weighted by Gasteiger charge is 2.41. The molecule has 0 fully saturated rings. The summed E-state index contributed by atoms with van der Waals surface area (Å²) < 4.78 is 22.7.